The first-order valence-electron chi connectivity index (χ1n) is 6.24. The number of esters is 1. The normalized spacial score (nSPS) is 12.2. The summed E-state index contributed by atoms with van der Waals surface area (Å²) in [6.07, 6.45) is 3.10. The van der Waals surface area contributed by atoms with E-state index in [1.54, 1.807) is 19.9 Å². The van der Waals surface area contributed by atoms with Gasteiger partial charge in [0, 0.05) is 6.08 Å². The number of benzene rings is 1. The second-order valence-corrected chi connectivity index (χ2v) is 4.23. The van der Waals surface area contributed by atoms with Crippen LogP contribution in [0, 0.1) is 6.92 Å². The smallest absolute Gasteiger partial charge is 0.328 e. The molecule has 0 radical (unpaired) electrons. The van der Waals surface area contributed by atoms with Crippen molar-refractivity contribution in [3.05, 3.63) is 41.5 Å². The number of nitrogens with one attached hydrogen (secondary N) is 1. The summed E-state index contributed by atoms with van der Waals surface area (Å²) in [7, 11) is 0. The van der Waals surface area contributed by atoms with Crippen molar-refractivity contribution in [2.45, 2.75) is 26.8 Å². The molecule has 0 bridgehead atoms. The molecule has 1 aromatic carbocycles. The average Bonchev–Trinajstić information content (AvgIpc) is 2.38. The number of amides is 1. The number of carbonyl (C=O) groups excluding carboxylic acids is 2. The highest BCUT2D eigenvalue weighted by atomic mass is 16.5. The van der Waals surface area contributed by atoms with Crippen LogP contribution in [-0.4, -0.2) is 24.5 Å². The van der Waals surface area contributed by atoms with Gasteiger partial charge in [0.15, 0.2) is 0 Å². The van der Waals surface area contributed by atoms with E-state index in [-0.39, 0.29) is 5.91 Å². The molecule has 0 aliphatic carbocycles. The molecule has 19 heavy (non-hydrogen) atoms. The minimum Gasteiger partial charge on any atom is -0.464 e. The fourth-order valence-electron chi connectivity index (χ4n) is 1.44. The van der Waals surface area contributed by atoms with Crippen molar-refractivity contribution in [1.82, 2.24) is 5.32 Å². The molecule has 1 N–H and O–H groups in total. The fraction of sp³-hybridized carbons (Fsp3) is 0.333. The Morgan fingerprint density at radius 3 is 2.53 bits per heavy atom. The average molecular weight is 261 g/mol. The lowest BCUT2D eigenvalue weighted by atomic mass is 10.1. The van der Waals surface area contributed by atoms with E-state index in [0.29, 0.717) is 6.61 Å². The molecule has 1 unspecified atom stereocenters. The maximum atomic E-state index is 11.6. The van der Waals surface area contributed by atoms with Gasteiger partial charge in [0.2, 0.25) is 5.91 Å². The Bertz CT molecular complexity index is 463. The lowest BCUT2D eigenvalue weighted by molar-refractivity contribution is -0.146. The standard InChI is InChI=1S/C15H19NO3/c1-4-19-15(18)12(3)16-14(17)10-9-13-7-5-11(2)6-8-13/h5-10,12H,4H2,1-3H3,(H,16,17)/b10-9+. The molecule has 0 heterocycles. The van der Waals surface area contributed by atoms with E-state index in [0.717, 1.165) is 11.1 Å². The van der Waals surface area contributed by atoms with E-state index >= 15 is 0 Å². The van der Waals surface area contributed by atoms with Crippen LogP contribution in [0.3, 0.4) is 0 Å². The van der Waals surface area contributed by atoms with Gasteiger partial charge in [0.25, 0.3) is 0 Å². The summed E-state index contributed by atoms with van der Waals surface area (Å²) in [6, 6.07) is 7.15. The topological polar surface area (TPSA) is 55.4 Å². The van der Waals surface area contributed by atoms with Gasteiger partial charge in [0.05, 0.1) is 6.61 Å². The molecule has 1 amide bonds. The van der Waals surface area contributed by atoms with Crippen molar-refractivity contribution in [2.75, 3.05) is 6.61 Å². The molecule has 0 saturated carbocycles. The second-order valence-electron chi connectivity index (χ2n) is 4.23. The monoisotopic (exact) mass is 261 g/mol. The second kappa shape index (κ2) is 7.36. The summed E-state index contributed by atoms with van der Waals surface area (Å²) >= 11 is 0. The quantitative estimate of drug-likeness (QED) is 0.652. The van der Waals surface area contributed by atoms with E-state index < -0.39 is 12.0 Å². The van der Waals surface area contributed by atoms with Crippen LogP contribution >= 0.6 is 0 Å². The number of rotatable bonds is 5. The van der Waals surface area contributed by atoms with Crippen molar-refractivity contribution in [2.24, 2.45) is 0 Å². The lowest BCUT2D eigenvalue weighted by Crippen LogP contribution is -2.38. The maximum absolute atomic E-state index is 11.6. The molecule has 0 saturated heterocycles. The van der Waals surface area contributed by atoms with Crippen molar-refractivity contribution < 1.29 is 14.3 Å². The Morgan fingerprint density at radius 1 is 1.32 bits per heavy atom. The third-order valence-corrected chi connectivity index (χ3v) is 2.50. The van der Waals surface area contributed by atoms with Crippen molar-refractivity contribution >= 4 is 18.0 Å². The fourth-order valence-corrected chi connectivity index (χ4v) is 1.44. The van der Waals surface area contributed by atoms with Crippen LogP contribution in [0.2, 0.25) is 0 Å². The Hall–Kier alpha value is -2.10. The van der Waals surface area contributed by atoms with Gasteiger partial charge in [-0.05, 0) is 32.4 Å². The molecular weight excluding hydrogens is 242 g/mol. The first kappa shape index (κ1) is 15.0. The summed E-state index contributed by atoms with van der Waals surface area (Å²) in [6.45, 7) is 5.62. The minimum absolute atomic E-state index is 0.304. The van der Waals surface area contributed by atoms with E-state index in [2.05, 4.69) is 5.32 Å². The number of ether oxygens (including phenoxy) is 1. The number of carbonyl (C=O) groups is 2. The molecule has 1 atom stereocenters. The summed E-state index contributed by atoms with van der Waals surface area (Å²) < 4.78 is 4.80. The van der Waals surface area contributed by atoms with Crippen molar-refractivity contribution in [3.63, 3.8) is 0 Å². The highest BCUT2D eigenvalue weighted by molar-refractivity contribution is 5.94. The zero-order chi connectivity index (χ0) is 14.3. The summed E-state index contributed by atoms with van der Waals surface area (Å²) in [5, 5.41) is 2.55. The van der Waals surface area contributed by atoms with Crippen molar-refractivity contribution in [3.8, 4) is 0 Å². The van der Waals surface area contributed by atoms with Crippen LogP contribution in [0.4, 0.5) is 0 Å². The van der Waals surface area contributed by atoms with Crippen LogP contribution < -0.4 is 5.32 Å². The summed E-state index contributed by atoms with van der Waals surface area (Å²) in [5.41, 5.74) is 2.10. The van der Waals surface area contributed by atoms with E-state index in [1.165, 1.54) is 6.08 Å². The molecule has 0 fully saturated rings. The van der Waals surface area contributed by atoms with Gasteiger partial charge in [-0.25, -0.2) is 4.79 Å². The molecule has 0 aliphatic rings. The van der Waals surface area contributed by atoms with Gasteiger partial charge in [0.1, 0.15) is 6.04 Å². The van der Waals surface area contributed by atoms with Crippen molar-refractivity contribution in [1.29, 1.82) is 0 Å². The molecule has 0 aliphatic heterocycles. The Balaban J connectivity index is 2.51. The predicted octanol–water partition coefficient (Wildman–Crippen LogP) is 2.08. The Kier molecular flexibility index (Phi) is 5.79. The largest absolute Gasteiger partial charge is 0.464 e. The van der Waals surface area contributed by atoms with E-state index in [1.807, 2.05) is 31.2 Å². The molecule has 102 valence electrons. The highest BCUT2D eigenvalue weighted by Gasteiger charge is 2.14. The van der Waals surface area contributed by atoms with Gasteiger partial charge in [-0.3, -0.25) is 4.79 Å². The first-order chi connectivity index (χ1) is 9.02. The van der Waals surface area contributed by atoms with Crippen LogP contribution in [0.25, 0.3) is 6.08 Å². The van der Waals surface area contributed by atoms with Crippen LogP contribution in [-0.2, 0) is 14.3 Å². The van der Waals surface area contributed by atoms with Crippen LogP contribution in [0.15, 0.2) is 30.3 Å². The maximum Gasteiger partial charge on any atom is 0.328 e. The Labute approximate surface area is 113 Å². The third-order valence-electron chi connectivity index (χ3n) is 2.50. The Morgan fingerprint density at radius 2 is 1.95 bits per heavy atom. The SMILES string of the molecule is CCOC(=O)C(C)NC(=O)/C=C/c1ccc(C)cc1. The van der Waals surface area contributed by atoms with E-state index in [9.17, 15) is 9.59 Å². The highest BCUT2D eigenvalue weighted by Crippen LogP contribution is 2.04. The number of aryl methyl sites for hydroxylation is 1. The number of hydrogen-bond acceptors (Lipinski definition) is 3. The van der Waals surface area contributed by atoms with Crippen LogP contribution in [0.1, 0.15) is 25.0 Å². The minimum atomic E-state index is -0.643. The third kappa shape index (κ3) is 5.38. The van der Waals surface area contributed by atoms with E-state index in [4.69, 9.17) is 4.74 Å². The van der Waals surface area contributed by atoms with Gasteiger partial charge >= 0.3 is 5.97 Å². The molecular formula is C15H19NO3. The molecule has 4 heteroatoms. The molecule has 1 aromatic rings. The molecule has 1 rings (SSSR count). The number of hydrogen-bond donors (Lipinski definition) is 1. The van der Waals surface area contributed by atoms with Crippen LogP contribution in [0.5, 0.6) is 0 Å². The first-order valence-corrected chi connectivity index (χ1v) is 6.24. The predicted molar refractivity (Wildman–Crippen MR) is 74.5 cm³/mol. The molecule has 0 aromatic heterocycles. The van der Waals surface area contributed by atoms with Gasteiger partial charge < -0.3 is 10.1 Å². The molecule has 0 spiro atoms. The van der Waals surface area contributed by atoms with Gasteiger partial charge in [-0.15, -0.1) is 0 Å². The summed E-state index contributed by atoms with van der Waals surface area (Å²) in [5.74, 6) is -0.749. The van der Waals surface area contributed by atoms with Gasteiger partial charge in [-0.1, -0.05) is 29.8 Å². The lowest BCUT2D eigenvalue weighted by Gasteiger charge is -2.10. The summed E-state index contributed by atoms with van der Waals surface area (Å²) in [4.78, 5) is 22.9. The van der Waals surface area contributed by atoms with Gasteiger partial charge in [-0.2, -0.15) is 0 Å². The zero-order valence-corrected chi connectivity index (χ0v) is 11.5. The zero-order valence-electron chi connectivity index (χ0n) is 11.5. The molecule has 4 nitrogen and oxygen atoms in total.